The Morgan fingerprint density at radius 2 is 1.90 bits per heavy atom. The van der Waals surface area contributed by atoms with E-state index in [0.717, 1.165) is 5.56 Å². The van der Waals surface area contributed by atoms with Gasteiger partial charge in [0.2, 0.25) is 5.91 Å². The van der Waals surface area contributed by atoms with Gasteiger partial charge in [0.1, 0.15) is 0 Å². The first-order valence-corrected chi connectivity index (χ1v) is 10.9. The number of hydrogen-bond donors (Lipinski definition) is 2. The highest BCUT2D eigenvalue weighted by atomic mass is 32.2. The Hall–Kier alpha value is -2.68. The number of likely N-dealkylation sites (tertiary alicyclic amines) is 1. The third-order valence-electron chi connectivity index (χ3n) is 4.89. The molecular weight excluding hydrogens is 427 g/mol. The van der Waals surface area contributed by atoms with Crippen LogP contribution in [0, 0.1) is 12.8 Å². The molecule has 0 aliphatic carbocycles. The van der Waals surface area contributed by atoms with Gasteiger partial charge in [-0.25, -0.2) is 4.79 Å². The lowest BCUT2D eigenvalue weighted by atomic mass is 9.97. The highest BCUT2D eigenvalue weighted by Gasteiger charge is 2.30. The third-order valence-corrected chi connectivity index (χ3v) is 6.02. The predicted molar refractivity (Wildman–Crippen MR) is 116 cm³/mol. The zero-order valence-corrected chi connectivity index (χ0v) is 17.9. The Morgan fingerprint density at radius 3 is 2.65 bits per heavy atom. The van der Waals surface area contributed by atoms with Crippen molar-refractivity contribution in [1.82, 2.24) is 4.90 Å². The largest absolute Gasteiger partial charge is 0.398 e. The Balaban J connectivity index is 1.60. The first-order valence-electron chi connectivity index (χ1n) is 9.93. The smallest absolute Gasteiger partial charge is 0.325 e. The minimum absolute atomic E-state index is 0.251. The van der Waals surface area contributed by atoms with Crippen molar-refractivity contribution in [1.29, 1.82) is 0 Å². The molecule has 1 saturated heterocycles. The molecule has 0 saturated carbocycles. The van der Waals surface area contributed by atoms with Gasteiger partial charge in [0.25, 0.3) is 0 Å². The summed E-state index contributed by atoms with van der Waals surface area (Å²) in [6, 6.07) is 13.6. The van der Waals surface area contributed by atoms with Crippen LogP contribution in [0.5, 0.6) is 0 Å². The van der Waals surface area contributed by atoms with Crippen LogP contribution in [0.25, 0.3) is 0 Å². The molecule has 5 nitrogen and oxygen atoms in total. The first kappa shape index (κ1) is 23.0. The van der Waals surface area contributed by atoms with E-state index in [1.54, 1.807) is 35.2 Å². The van der Waals surface area contributed by atoms with Crippen LogP contribution in [-0.4, -0.2) is 41.9 Å². The highest BCUT2D eigenvalue weighted by Crippen LogP contribution is 2.32. The second kappa shape index (κ2) is 10.1. The van der Waals surface area contributed by atoms with E-state index >= 15 is 0 Å². The second-order valence-electron chi connectivity index (χ2n) is 7.47. The van der Waals surface area contributed by atoms with Crippen molar-refractivity contribution in [2.45, 2.75) is 30.8 Å². The molecule has 3 rings (SSSR count). The first-order chi connectivity index (χ1) is 14.7. The van der Waals surface area contributed by atoms with Gasteiger partial charge in [-0.05, 0) is 49.6 Å². The van der Waals surface area contributed by atoms with Gasteiger partial charge in [0.05, 0.1) is 17.4 Å². The second-order valence-corrected chi connectivity index (χ2v) is 8.49. The third kappa shape index (κ3) is 6.92. The van der Waals surface area contributed by atoms with Crippen LogP contribution in [-0.2, 0) is 4.79 Å². The molecule has 1 heterocycles. The molecular formula is C22H24F3N3O2S. The summed E-state index contributed by atoms with van der Waals surface area (Å²) < 4.78 is 37.7. The monoisotopic (exact) mass is 451 g/mol. The van der Waals surface area contributed by atoms with E-state index in [4.69, 9.17) is 0 Å². The molecule has 9 heteroatoms. The molecule has 31 heavy (non-hydrogen) atoms. The van der Waals surface area contributed by atoms with Crippen molar-refractivity contribution in [2.75, 3.05) is 29.5 Å². The standard InChI is InChI=1S/C22H24F3N3O2S/c1-15-6-4-8-17(12-15)26-21(30)28-11-5-7-16(13-28)20(29)27-18-9-2-3-10-19(18)31-14-22(23,24)25/h2-4,6,8-10,12,16H,5,7,11,13-14H2,1H3,(H,26,30)(H,27,29). The summed E-state index contributed by atoms with van der Waals surface area (Å²) in [5.41, 5.74) is 2.06. The molecule has 2 aromatic carbocycles. The number of thioether (sulfide) groups is 1. The van der Waals surface area contributed by atoms with Gasteiger partial charge in [0, 0.05) is 23.7 Å². The summed E-state index contributed by atoms with van der Waals surface area (Å²) in [5.74, 6) is -1.76. The van der Waals surface area contributed by atoms with Crippen LogP contribution in [0.2, 0.25) is 0 Å². The topological polar surface area (TPSA) is 61.4 Å². The van der Waals surface area contributed by atoms with Crippen LogP contribution in [0.3, 0.4) is 0 Å². The summed E-state index contributed by atoms with van der Waals surface area (Å²) in [6.07, 6.45) is -3.02. The number of nitrogens with one attached hydrogen (secondary N) is 2. The Labute approximate surface area is 183 Å². The average Bonchev–Trinajstić information content (AvgIpc) is 2.72. The average molecular weight is 452 g/mol. The molecule has 2 aromatic rings. The summed E-state index contributed by atoms with van der Waals surface area (Å²) in [7, 11) is 0. The van der Waals surface area contributed by atoms with Gasteiger partial charge in [0.15, 0.2) is 0 Å². The number of para-hydroxylation sites is 1. The maximum Gasteiger partial charge on any atom is 0.398 e. The maximum absolute atomic E-state index is 12.8. The molecule has 3 amide bonds. The molecule has 166 valence electrons. The lowest BCUT2D eigenvalue weighted by molar-refractivity contribution is -0.121. The van der Waals surface area contributed by atoms with Gasteiger partial charge < -0.3 is 15.5 Å². The van der Waals surface area contributed by atoms with E-state index in [1.807, 2.05) is 25.1 Å². The van der Waals surface area contributed by atoms with Crippen LogP contribution in [0.15, 0.2) is 53.4 Å². The van der Waals surface area contributed by atoms with E-state index in [1.165, 1.54) is 0 Å². The minimum atomic E-state index is -4.30. The van der Waals surface area contributed by atoms with Crippen molar-refractivity contribution in [3.63, 3.8) is 0 Å². The van der Waals surface area contributed by atoms with Crippen molar-refractivity contribution < 1.29 is 22.8 Å². The Morgan fingerprint density at radius 1 is 1.13 bits per heavy atom. The predicted octanol–water partition coefficient (Wildman–Crippen LogP) is 5.53. The van der Waals surface area contributed by atoms with Crippen LogP contribution < -0.4 is 10.6 Å². The lowest BCUT2D eigenvalue weighted by Gasteiger charge is -2.32. The molecule has 0 bridgehead atoms. The van der Waals surface area contributed by atoms with Crippen molar-refractivity contribution >= 4 is 35.1 Å². The number of amides is 3. The SMILES string of the molecule is Cc1cccc(NC(=O)N2CCCC(C(=O)Nc3ccccc3SCC(F)(F)F)C2)c1. The number of hydrogen-bond acceptors (Lipinski definition) is 3. The number of anilines is 2. The Bertz CT molecular complexity index is 936. The molecule has 1 unspecified atom stereocenters. The maximum atomic E-state index is 12.8. The van der Waals surface area contributed by atoms with Gasteiger partial charge in [-0.2, -0.15) is 13.2 Å². The number of urea groups is 1. The highest BCUT2D eigenvalue weighted by molar-refractivity contribution is 7.99. The fraction of sp³-hybridized carbons (Fsp3) is 0.364. The number of carbonyl (C=O) groups excluding carboxylic acids is 2. The summed E-state index contributed by atoms with van der Waals surface area (Å²) in [6.45, 7) is 2.72. The number of rotatable bonds is 5. The fourth-order valence-corrected chi connectivity index (χ4v) is 4.16. The fourth-order valence-electron chi connectivity index (χ4n) is 3.39. The number of halogens is 3. The number of alkyl halides is 3. The van der Waals surface area contributed by atoms with Crippen LogP contribution >= 0.6 is 11.8 Å². The number of piperidine rings is 1. The van der Waals surface area contributed by atoms with Crippen molar-refractivity contribution in [3.05, 3.63) is 54.1 Å². The minimum Gasteiger partial charge on any atom is -0.325 e. The molecule has 0 spiro atoms. The van der Waals surface area contributed by atoms with Crippen molar-refractivity contribution in [3.8, 4) is 0 Å². The van der Waals surface area contributed by atoms with Gasteiger partial charge in [-0.15, -0.1) is 11.8 Å². The van der Waals surface area contributed by atoms with Gasteiger partial charge in [-0.1, -0.05) is 24.3 Å². The van der Waals surface area contributed by atoms with Gasteiger partial charge in [-0.3, -0.25) is 4.79 Å². The normalized spacial score (nSPS) is 16.6. The molecule has 1 aliphatic heterocycles. The summed E-state index contributed by atoms with van der Waals surface area (Å²) in [5, 5.41) is 5.59. The van der Waals surface area contributed by atoms with E-state index in [2.05, 4.69) is 10.6 Å². The summed E-state index contributed by atoms with van der Waals surface area (Å²) >= 11 is 0.636. The van der Waals surface area contributed by atoms with Gasteiger partial charge >= 0.3 is 12.2 Å². The van der Waals surface area contributed by atoms with Crippen LogP contribution in [0.1, 0.15) is 18.4 Å². The lowest BCUT2D eigenvalue weighted by Crippen LogP contribution is -2.45. The van der Waals surface area contributed by atoms with Crippen LogP contribution in [0.4, 0.5) is 29.3 Å². The molecule has 0 radical (unpaired) electrons. The number of aryl methyl sites for hydroxylation is 1. The van der Waals surface area contributed by atoms with E-state index < -0.39 is 17.8 Å². The number of nitrogens with zero attached hydrogens (tertiary/aromatic N) is 1. The molecule has 1 fully saturated rings. The molecule has 1 atom stereocenters. The zero-order valence-electron chi connectivity index (χ0n) is 17.0. The molecule has 0 aromatic heterocycles. The van der Waals surface area contributed by atoms with E-state index in [-0.39, 0.29) is 18.5 Å². The number of carbonyl (C=O) groups is 2. The number of benzene rings is 2. The molecule has 1 aliphatic rings. The van der Waals surface area contributed by atoms with E-state index in [0.29, 0.717) is 47.4 Å². The molecule has 2 N–H and O–H groups in total. The quantitative estimate of drug-likeness (QED) is 0.588. The van der Waals surface area contributed by atoms with Crippen molar-refractivity contribution in [2.24, 2.45) is 5.92 Å². The zero-order chi connectivity index (χ0) is 22.4. The summed E-state index contributed by atoms with van der Waals surface area (Å²) in [4.78, 5) is 27.4. The Kier molecular flexibility index (Phi) is 7.48. The van der Waals surface area contributed by atoms with E-state index in [9.17, 15) is 22.8 Å².